The van der Waals surface area contributed by atoms with Gasteiger partial charge in [0.05, 0.1) is 5.60 Å². The minimum Gasteiger partial charge on any atom is -0.389 e. The van der Waals surface area contributed by atoms with Crippen LogP contribution in [0.2, 0.25) is 0 Å². The molecule has 0 aromatic carbocycles. The Hall–Kier alpha value is -0.940. The first kappa shape index (κ1) is 13.5. The van der Waals surface area contributed by atoms with E-state index in [2.05, 4.69) is 22.3 Å². The second-order valence-electron chi connectivity index (χ2n) is 5.36. The molecule has 0 atom stereocenters. The first-order valence-electron chi connectivity index (χ1n) is 6.93. The summed E-state index contributed by atoms with van der Waals surface area (Å²) in [4.78, 5) is 4.29. The molecular formula is C13H24N4O. The second-order valence-corrected chi connectivity index (χ2v) is 5.36. The van der Waals surface area contributed by atoms with Crippen molar-refractivity contribution in [1.82, 2.24) is 20.1 Å². The lowest BCUT2D eigenvalue weighted by molar-refractivity contribution is -0.00492. The summed E-state index contributed by atoms with van der Waals surface area (Å²) in [6, 6.07) is 0.554. The first-order valence-corrected chi connectivity index (χ1v) is 6.93. The molecule has 1 aliphatic rings. The van der Waals surface area contributed by atoms with Crippen LogP contribution in [0.1, 0.15) is 44.9 Å². The Morgan fingerprint density at radius 1 is 1.50 bits per heavy atom. The van der Waals surface area contributed by atoms with E-state index in [1.165, 1.54) is 0 Å². The van der Waals surface area contributed by atoms with Crippen LogP contribution in [0.5, 0.6) is 0 Å². The zero-order chi connectivity index (χ0) is 13.0. The van der Waals surface area contributed by atoms with E-state index in [1.807, 2.05) is 11.7 Å². The van der Waals surface area contributed by atoms with Crippen molar-refractivity contribution in [1.29, 1.82) is 0 Å². The van der Waals surface area contributed by atoms with E-state index in [1.54, 1.807) is 6.33 Å². The molecule has 0 saturated heterocycles. The molecule has 0 amide bonds. The molecule has 18 heavy (non-hydrogen) atoms. The van der Waals surface area contributed by atoms with Gasteiger partial charge in [-0.15, -0.1) is 0 Å². The molecule has 0 spiro atoms. The van der Waals surface area contributed by atoms with Crippen LogP contribution in [0.25, 0.3) is 0 Å². The molecule has 1 aliphatic carbocycles. The third kappa shape index (κ3) is 3.09. The van der Waals surface area contributed by atoms with Crippen LogP contribution < -0.4 is 5.32 Å². The van der Waals surface area contributed by atoms with Gasteiger partial charge in [0.1, 0.15) is 12.2 Å². The van der Waals surface area contributed by atoms with E-state index in [-0.39, 0.29) is 0 Å². The molecule has 2 rings (SSSR count). The second kappa shape index (κ2) is 5.80. The Labute approximate surface area is 109 Å². The fraction of sp³-hybridized carbons (Fsp3) is 0.846. The predicted molar refractivity (Wildman–Crippen MR) is 70.3 cm³/mol. The topological polar surface area (TPSA) is 63.0 Å². The van der Waals surface area contributed by atoms with E-state index >= 15 is 0 Å². The van der Waals surface area contributed by atoms with Gasteiger partial charge in [0, 0.05) is 19.0 Å². The Kier molecular flexibility index (Phi) is 4.35. The molecule has 0 unspecified atom stereocenters. The van der Waals surface area contributed by atoms with Crippen molar-refractivity contribution in [2.24, 2.45) is 0 Å². The normalized spacial score (nSPS) is 28.5. The molecule has 0 aliphatic heterocycles. The average Bonchev–Trinajstić information content (AvgIpc) is 2.78. The van der Waals surface area contributed by atoms with Crippen LogP contribution in [0, 0.1) is 0 Å². The summed E-state index contributed by atoms with van der Waals surface area (Å²) >= 11 is 0. The minimum absolute atomic E-state index is 0.554. The summed E-state index contributed by atoms with van der Waals surface area (Å²) in [6.45, 7) is 3.00. The predicted octanol–water partition coefficient (Wildman–Crippen LogP) is 1.12. The Morgan fingerprint density at radius 3 is 2.83 bits per heavy atom. The number of aryl methyl sites for hydroxylation is 1. The monoisotopic (exact) mass is 252 g/mol. The molecule has 2 N–H and O–H groups in total. The van der Waals surface area contributed by atoms with Crippen molar-refractivity contribution >= 4 is 0 Å². The van der Waals surface area contributed by atoms with Gasteiger partial charge in [0.2, 0.25) is 0 Å². The van der Waals surface area contributed by atoms with E-state index in [9.17, 15) is 5.11 Å². The van der Waals surface area contributed by atoms with Crippen molar-refractivity contribution in [3.63, 3.8) is 0 Å². The Bertz CT molecular complexity index is 369. The number of rotatable bonds is 5. The molecule has 1 heterocycles. The summed E-state index contributed by atoms with van der Waals surface area (Å²) in [6.07, 6.45) is 7.02. The van der Waals surface area contributed by atoms with Crippen molar-refractivity contribution in [3.05, 3.63) is 12.2 Å². The fourth-order valence-corrected chi connectivity index (χ4v) is 2.74. The van der Waals surface area contributed by atoms with Crippen molar-refractivity contribution in [2.75, 3.05) is 7.05 Å². The summed E-state index contributed by atoms with van der Waals surface area (Å²) in [5.41, 5.74) is -0.591. The van der Waals surface area contributed by atoms with Gasteiger partial charge in [-0.25, -0.2) is 4.98 Å². The number of nitrogens with one attached hydrogen (secondary N) is 1. The standard InChI is InChI=1S/C13H24N4O/c1-3-8-17-12(15-10-16-17)9-13(18)6-4-11(14-2)5-7-13/h10-11,14,18H,3-9H2,1-2H3. The van der Waals surface area contributed by atoms with Crippen molar-refractivity contribution in [3.8, 4) is 0 Å². The maximum atomic E-state index is 10.6. The highest BCUT2D eigenvalue weighted by molar-refractivity contribution is 4.98. The van der Waals surface area contributed by atoms with Crippen LogP contribution in [-0.4, -0.2) is 38.6 Å². The van der Waals surface area contributed by atoms with Gasteiger partial charge in [0.25, 0.3) is 0 Å². The summed E-state index contributed by atoms with van der Waals surface area (Å²) in [5.74, 6) is 0.919. The Balaban J connectivity index is 1.98. The molecule has 1 aromatic rings. The van der Waals surface area contributed by atoms with Gasteiger partial charge in [-0.2, -0.15) is 5.10 Å². The average molecular weight is 252 g/mol. The zero-order valence-corrected chi connectivity index (χ0v) is 11.4. The SMILES string of the molecule is CCCn1ncnc1CC1(O)CCC(NC)CC1. The van der Waals surface area contributed by atoms with Crippen molar-refractivity contribution in [2.45, 2.75) is 63.6 Å². The number of aromatic nitrogens is 3. The highest BCUT2D eigenvalue weighted by atomic mass is 16.3. The van der Waals surface area contributed by atoms with Crippen LogP contribution in [0.15, 0.2) is 6.33 Å². The van der Waals surface area contributed by atoms with E-state index in [0.717, 1.165) is 44.5 Å². The van der Waals surface area contributed by atoms with E-state index in [4.69, 9.17) is 0 Å². The molecule has 5 heteroatoms. The lowest BCUT2D eigenvalue weighted by Gasteiger charge is -2.35. The van der Waals surface area contributed by atoms with Gasteiger partial charge in [-0.1, -0.05) is 6.92 Å². The van der Waals surface area contributed by atoms with Gasteiger partial charge >= 0.3 is 0 Å². The third-order valence-electron chi connectivity index (χ3n) is 3.94. The first-order chi connectivity index (χ1) is 8.67. The van der Waals surface area contributed by atoms with Gasteiger partial charge in [-0.3, -0.25) is 4.68 Å². The molecule has 1 aromatic heterocycles. The Morgan fingerprint density at radius 2 is 2.22 bits per heavy atom. The number of hydrogen-bond donors (Lipinski definition) is 2. The highest BCUT2D eigenvalue weighted by Crippen LogP contribution is 2.30. The quantitative estimate of drug-likeness (QED) is 0.824. The largest absolute Gasteiger partial charge is 0.389 e. The number of nitrogens with zero attached hydrogens (tertiary/aromatic N) is 3. The van der Waals surface area contributed by atoms with E-state index < -0.39 is 5.60 Å². The molecule has 0 bridgehead atoms. The molecule has 5 nitrogen and oxygen atoms in total. The smallest absolute Gasteiger partial charge is 0.138 e. The molecule has 1 saturated carbocycles. The van der Waals surface area contributed by atoms with Gasteiger partial charge < -0.3 is 10.4 Å². The maximum Gasteiger partial charge on any atom is 0.138 e. The summed E-state index contributed by atoms with van der Waals surface area (Å²) in [7, 11) is 1.99. The zero-order valence-electron chi connectivity index (χ0n) is 11.4. The van der Waals surface area contributed by atoms with Gasteiger partial charge in [0.15, 0.2) is 0 Å². The molecule has 1 fully saturated rings. The highest BCUT2D eigenvalue weighted by Gasteiger charge is 2.34. The molecule has 102 valence electrons. The van der Waals surface area contributed by atoms with E-state index in [0.29, 0.717) is 12.5 Å². The maximum absolute atomic E-state index is 10.6. The lowest BCUT2D eigenvalue weighted by Crippen LogP contribution is -2.42. The van der Waals surface area contributed by atoms with Gasteiger partial charge in [-0.05, 0) is 39.2 Å². The summed E-state index contributed by atoms with van der Waals surface area (Å²) < 4.78 is 1.92. The van der Waals surface area contributed by atoms with Crippen LogP contribution >= 0.6 is 0 Å². The number of hydrogen-bond acceptors (Lipinski definition) is 4. The fourth-order valence-electron chi connectivity index (χ4n) is 2.74. The molecule has 0 radical (unpaired) electrons. The van der Waals surface area contributed by atoms with Crippen LogP contribution in [-0.2, 0) is 13.0 Å². The minimum atomic E-state index is -0.591. The molecular weight excluding hydrogens is 228 g/mol. The lowest BCUT2D eigenvalue weighted by atomic mass is 9.80. The van der Waals surface area contributed by atoms with Crippen LogP contribution in [0.3, 0.4) is 0 Å². The van der Waals surface area contributed by atoms with Crippen LogP contribution in [0.4, 0.5) is 0 Å². The summed E-state index contributed by atoms with van der Waals surface area (Å²) in [5, 5.41) is 18.1. The van der Waals surface area contributed by atoms with Crippen molar-refractivity contribution < 1.29 is 5.11 Å². The number of aliphatic hydroxyl groups is 1. The third-order valence-corrected chi connectivity index (χ3v) is 3.94.